The Bertz CT molecular complexity index is 256. The van der Waals surface area contributed by atoms with E-state index in [1.807, 2.05) is 0 Å². The average Bonchev–Trinajstić information content (AvgIpc) is 2.10. The largest absolute Gasteiger partial charge is 0.490 e. The van der Waals surface area contributed by atoms with Crippen LogP contribution in [0.2, 0.25) is 10.0 Å². The van der Waals surface area contributed by atoms with Crippen molar-refractivity contribution >= 4 is 23.2 Å². The van der Waals surface area contributed by atoms with Gasteiger partial charge in [-0.1, -0.05) is 29.3 Å². The highest BCUT2D eigenvalue weighted by atomic mass is 35.5. The molecule has 2 nitrogen and oxygen atoms in total. The monoisotopic (exact) mass is 220 g/mol. The lowest BCUT2D eigenvalue weighted by atomic mass is 10.3. The van der Waals surface area contributed by atoms with Crippen molar-refractivity contribution in [3.8, 4) is 5.75 Å². The summed E-state index contributed by atoms with van der Waals surface area (Å²) in [5, 5.41) is 9.52. The first-order valence-electron chi connectivity index (χ1n) is 3.93. The molecule has 0 aliphatic rings. The van der Waals surface area contributed by atoms with Gasteiger partial charge < -0.3 is 9.84 Å². The van der Waals surface area contributed by atoms with Crippen LogP contribution in [0, 0.1) is 0 Å². The zero-order valence-corrected chi connectivity index (χ0v) is 8.48. The normalized spacial score (nSPS) is 10.1. The standard InChI is InChI=1S/C9H10Cl2O2/c10-7-3-1-4-8(11)9(7)13-6-2-5-12/h1,3-4,12H,2,5-6H2. The van der Waals surface area contributed by atoms with Crippen molar-refractivity contribution in [3.05, 3.63) is 28.2 Å². The summed E-state index contributed by atoms with van der Waals surface area (Å²) < 4.78 is 5.28. The van der Waals surface area contributed by atoms with E-state index in [0.29, 0.717) is 28.8 Å². The molecule has 0 aliphatic heterocycles. The first-order chi connectivity index (χ1) is 6.25. The molecule has 1 rings (SSSR count). The Balaban J connectivity index is 2.64. The molecule has 4 heteroatoms. The average molecular weight is 221 g/mol. The molecule has 0 aliphatic carbocycles. The minimum Gasteiger partial charge on any atom is -0.490 e. The van der Waals surface area contributed by atoms with Gasteiger partial charge >= 0.3 is 0 Å². The van der Waals surface area contributed by atoms with Crippen LogP contribution in [0.3, 0.4) is 0 Å². The van der Waals surface area contributed by atoms with E-state index < -0.39 is 0 Å². The molecule has 0 radical (unpaired) electrons. The fourth-order valence-corrected chi connectivity index (χ4v) is 1.37. The van der Waals surface area contributed by atoms with Crippen LogP contribution < -0.4 is 4.74 Å². The van der Waals surface area contributed by atoms with Gasteiger partial charge in [-0.25, -0.2) is 0 Å². The smallest absolute Gasteiger partial charge is 0.156 e. The molecule has 0 bridgehead atoms. The molecule has 0 unspecified atom stereocenters. The molecular formula is C9H10Cl2O2. The summed E-state index contributed by atoms with van der Waals surface area (Å²) in [7, 11) is 0. The fourth-order valence-electron chi connectivity index (χ4n) is 0.859. The van der Waals surface area contributed by atoms with Crippen molar-refractivity contribution in [2.75, 3.05) is 13.2 Å². The van der Waals surface area contributed by atoms with Crippen molar-refractivity contribution in [2.45, 2.75) is 6.42 Å². The maximum atomic E-state index is 8.54. The molecule has 1 aromatic rings. The Labute approximate surface area is 87.0 Å². The van der Waals surface area contributed by atoms with E-state index in [1.165, 1.54) is 0 Å². The first kappa shape index (κ1) is 10.6. The molecular weight excluding hydrogens is 211 g/mol. The highest BCUT2D eigenvalue weighted by molar-refractivity contribution is 6.37. The Morgan fingerprint density at radius 3 is 2.38 bits per heavy atom. The lowest BCUT2D eigenvalue weighted by molar-refractivity contribution is 0.234. The Hall–Kier alpha value is -0.440. The van der Waals surface area contributed by atoms with E-state index in [2.05, 4.69) is 0 Å². The zero-order valence-electron chi connectivity index (χ0n) is 6.96. The Kier molecular flexibility index (Phi) is 4.36. The fraction of sp³-hybridized carbons (Fsp3) is 0.333. The molecule has 0 spiro atoms. The number of rotatable bonds is 4. The number of para-hydroxylation sites is 1. The van der Waals surface area contributed by atoms with E-state index in [-0.39, 0.29) is 6.61 Å². The number of hydrogen-bond acceptors (Lipinski definition) is 2. The molecule has 72 valence electrons. The van der Waals surface area contributed by atoms with Crippen LogP contribution in [-0.4, -0.2) is 18.3 Å². The molecule has 0 atom stereocenters. The summed E-state index contributed by atoms with van der Waals surface area (Å²) in [4.78, 5) is 0. The summed E-state index contributed by atoms with van der Waals surface area (Å²) in [5.41, 5.74) is 0. The van der Waals surface area contributed by atoms with E-state index in [0.717, 1.165) is 0 Å². The summed E-state index contributed by atoms with van der Waals surface area (Å²) in [6.07, 6.45) is 0.571. The number of ether oxygens (including phenoxy) is 1. The van der Waals surface area contributed by atoms with Crippen molar-refractivity contribution in [2.24, 2.45) is 0 Å². The number of benzene rings is 1. The van der Waals surface area contributed by atoms with Crippen LogP contribution in [0.25, 0.3) is 0 Å². The van der Waals surface area contributed by atoms with Gasteiger partial charge in [-0.3, -0.25) is 0 Å². The van der Waals surface area contributed by atoms with Gasteiger partial charge in [0.15, 0.2) is 5.75 Å². The third kappa shape index (κ3) is 3.07. The quantitative estimate of drug-likeness (QED) is 0.792. The van der Waals surface area contributed by atoms with Gasteiger partial charge in [-0.05, 0) is 12.1 Å². The summed E-state index contributed by atoms with van der Waals surface area (Å²) in [6, 6.07) is 5.17. The number of aliphatic hydroxyl groups excluding tert-OH is 1. The van der Waals surface area contributed by atoms with Crippen LogP contribution in [0.4, 0.5) is 0 Å². The summed E-state index contributed by atoms with van der Waals surface area (Å²) >= 11 is 11.7. The van der Waals surface area contributed by atoms with Crippen molar-refractivity contribution in [1.29, 1.82) is 0 Å². The topological polar surface area (TPSA) is 29.5 Å². The molecule has 13 heavy (non-hydrogen) atoms. The lowest BCUT2D eigenvalue weighted by Gasteiger charge is -2.08. The maximum Gasteiger partial charge on any atom is 0.156 e. The molecule has 0 aromatic heterocycles. The van der Waals surface area contributed by atoms with Crippen molar-refractivity contribution in [1.82, 2.24) is 0 Å². The Morgan fingerprint density at radius 1 is 1.23 bits per heavy atom. The SMILES string of the molecule is OCCCOc1c(Cl)cccc1Cl. The number of hydrogen-bond donors (Lipinski definition) is 1. The third-order valence-corrected chi connectivity index (χ3v) is 2.06. The van der Waals surface area contributed by atoms with Crippen LogP contribution in [-0.2, 0) is 0 Å². The Morgan fingerprint density at radius 2 is 1.85 bits per heavy atom. The zero-order chi connectivity index (χ0) is 9.68. The molecule has 1 aromatic carbocycles. The minimum atomic E-state index is 0.0993. The van der Waals surface area contributed by atoms with E-state index in [9.17, 15) is 0 Å². The summed E-state index contributed by atoms with van der Waals surface area (Å²) in [5.74, 6) is 0.485. The highest BCUT2D eigenvalue weighted by Gasteiger charge is 2.05. The van der Waals surface area contributed by atoms with Gasteiger partial charge in [0.2, 0.25) is 0 Å². The molecule has 0 saturated carbocycles. The van der Waals surface area contributed by atoms with Crippen LogP contribution >= 0.6 is 23.2 Å². The maximum absolute atomic E-state index is 8.54. The minimum absolute atomic E-state index is 0.0993. The second-order valence-corrected chi connectivity index (χ2v) is 3.29. The summed E-state index contributed by atoms with van der Waals surface area (Å²) in [6.45, 7) is 0.516. The highest BCUT2D eigenvalue weighted by Crippen LogP contribution is 2.32. The van der Waals surface area contributed by atoms with Gasteiger partial charge in [-0.2, -0.15) is 0 Å². The van der Waals surface area contributed by atoms with E-state index >= 15 is 0 Å². The van der Waals surface area contributed by atoms with E-state index in [4.69, 9.17) is 33.0 Å². The first-order valence-corrected chi connectivity index (χ1v) is 4.69. The van der Waals surface area contributed by atoms with Gasteiger partial charge in [0.25, 0.3) is 0 Å². The molecule has 1 N–H and O–H groups in total. The third-order valence-electron chi connectivity index (χ3n) is 1.47. The molecule has 0 heterocycles. The van der Waals surface area contributed by atoms with Crippen molar-refractivity contribution < 1.29 is 9.84 Å². The molecule has 0 saturated heterocycles. The molecule has 0 amide bonds. The second-order valence-electron chi connectivity index (χ2n) is 2.48. The van der Waals surface area contributed by atoms with Crippen LogP contribution in [0.15, 0.2) is 18.2 Å². The van der Waals surface area contributed by atoms with Crippen LogP contribution in [0.5, 0.6) is 5.75 Å². The van der Waals surface area contributed by atoms with Gasteiger partial charge in [-0.15, -0.1) is 0 Å². The number of halogens is 2. The van der Waals surface area contributed by atoms with Crippen LogP contribution in [0.1, 0.15) is 6.42 Å². The second kappa shape index (κ2) is 5.32. The van der Waals surface area contributed by atoms with Gasteiger partial charge in [0.05, 0.1) is 16.7 Å². The van der Waals surface area contributed by atoms with Gasteiger partial charge in [0.1, 0.15) is 0 Å². The predicted molar refractivity (Wildman–Crippen MR) is 53.7 cm³/mol. The van der Waals surface area contributed by atoms with E-state index in [1.54, 1.807) is 18.2 Å². The number of aliphatic hydroxyl groups is 1. The lowest BCUT2D eigenvalue weighted by Crippen LogP contribution is -2.00. The predicted octanol–water partition coefficient (Wildman–Crippen LogP) is 2.75. The van der Waals surface area contributed by atoms with Crippen molar-refractivity contribution in [3.63, 3.8) is 0 Å². The molecule has 0 fully saturated rings. The van der Waals surface area contributed by atoms with Gasteiger partial charge in [0, 0.05) is 13.0 Å².